The topological polar surface area (TPSA) is 381 Å². The number of imidazole rings is 1. The number of fused-ring (bicyclic) bond motifs is 1. The van der Waals surface area contributed by atoms with Crippen molar-refractivity contribution in [2.45, 2.75) is 63.1 Å². The third-order valence-electron chi connectivity index (χ3n) is 7.32. The normalized spacial score (nSPS) is 22.5. The molecule has 0 radical (unpaired) electrons. The Morgan fingerprint density at radius 1 is 1.09 bits per heavy atom. The van der Waals surface area contributed by atoms with E-state index in [-0.39, 0.29) is 48.0 Å². The van der Waals surface area contributed by atoms with E-state index in [9.17, 15) is 62.7 Å². The number of hydrogen-bond acceptors (Lipinski definition) is 19. The predicted molar refractivity (Wildman–Crippen MR) is 183 cm³/mol. The minimum Gasteiger partial charge on any atom is -0.386 e. The van der Waals surface area contributed by atoms with Crippen LogP contribution in [0.1, 0.15) is 33.4 Å². The van der Waals surface area contributed by atoms with Gasteiger partial charge in [-0.05, 0) is 6.92 Å². The fraction of sp³-hybridized carbons (Fsp3) is 0.640. The van der Waals surface area contributed by atoms with Gasteiger partial charge in [-0.15, -0.1) is 11.8 Å². The van der Waals surface area contributed by atoms with Crippen molar-refractivity contribution in [3.05, 3.63) is 12.7 Å². The Hall–Kier alpha value is -2.77. The summed E-state index contributed by atoms with van der Waals surface area (Å²) in [5, 5.41) is 25.4. The van der Waals surface area contributed by atoms with Crippen LogP contribution >= 0.6 is 35.2 Å². The Bertz CT molecular complexity index is 1810. The van der Waals surface area contributed by atoms with Crippen molar-refractivity contribution in [1.82, 2.24) is 30.2 Å². The number of ketones is 1. The second-order valence-corrected chi connectivity index (χ2v) is 17.6. The number of aliphatic hydroxyl groups is 2. The third-order valence-corrected chi connectivity index (χ3v) is 11.7. The summed E-state index contributed by atoms with van der Waals surface area (Å²) in [4.78, 5) is 97.4. The van der Waals surface area contributed by atoms with Gasteiger partial charge in [0.2, 0.25) is 11.8 Å². The average molecular weight is 852 g/mol. The number of nitrogens with one attached hydrogen (secondary N) is 2. The number of aliphatic hydroxyl groups excluding tert-OH is 2. The van der Waals surface area contributed by atoms with Crippen LogP contribution in [-0.2, 0) is 55.5 Å². The first kappa shape index (κ1) is 45.6. The SMILES string of the molecule is CC(=O)C(C=O)SCCNC(=O)CCNC(=O)C(O)C(C)(C)COP(=O)(O)OP(=O)(O)OC[C@H]1O[C@@H](n2cnc3c(N)ncnc32)[C@H](O)[C@@H]1OP(=O)(O)O. The van der Waals surface area contributed by atoms with Crippen LogP contribution in [0.3, 0.4) is 0 Å². The smallest absolute Gasteiger partial charge is 0.386 e. The number of aromatic nitrogens is 4. The molecule has 2 aromatic rings. The predicted octanol–water partition coefficient (Wildman–Crippen LogP) is -1.71. The van der Waals surface area contributed by atoms with Crippen LogP contribution in [0, 0.1) is 5.41 Å². The van der Waals surface area contributed by atoms with E-state index < -0.39 is 89.8 Å². The summed E-state index contributed by atoms with van der Waals surface area (Å²) in [5.74, 6) is -1.59. The van der Waals surface area contributed by atoms with E-state index in [0.717, 1.165) is 29.0 Å². The first-order valence-electron chi connectivity index (χ1n) is 15.4. The van der Waals surface area contributed by atoms with Crippen molar-refractivity contribution in [2.24, 2.45) is 5.41 Å². The monoisotopic (exact) mass is 851 g/mol. The van der Waals surface area contributed by atoms with Gasteiger partial charge in [-0.25, -0.2) is 28.6 Å². The Kier molecular flexibility index (Phi) is 16.0. The van der Waals surface area contributed by atoms with Crippen LogP contribution in [0.2, 0.25) is 0 Å². The second-order valence-electron chi connectivity index (χ2n) is 12.1. The Balaban J connectivity index is 1.52. The number of rotatable bonds is 22. The van der Waals surface area contributed by atoms with Crippen molar-refractivity contribution >= 4 is 76.1 Å². The number of amides is 2. The number of thioether (sulfide) groups is 1. The van der Waals surface area contributed by atoms with Crippen LogP contribution < -0.4 is 16.4 Å². The number of hydrogen-bond donors (Lipinski definition) is 9. The molecule has 2 aromatic heterocycles. The van der Waals surface area contributed by atoms with Gasteiger partial charge in [0, 0.05) is 30.7 Å². The van der Waals surface area contributed by atoms with Crippen LogP contribution in [0.25, 0.3) is 11.2 Å². The molecular formula is C25H40N7O18P3S. The van der Waals surface area contributed by atoms with Gasteiger partial charge in [0.1, 0.15) is 53.6 Å². The zero-order chi connectivity index (χ0) is 40.6. The minimum absolute atomic E-state index is 0.0238. The van der Waals surface area contributed by atoms with Crippen LogP contribution in [0.15, 0.2) is 12.7 Å². The number of ether oxygens (including phenoxy) is 1. The molecule has 29 heteroatoms. The van der Waals surface area contributed by atoms with Gasteiger partial charge in [-0.1, -0.05) is 13.8 Å². The summed E-state index contributed by atoms with van der Waals surface area (Å²) in [7, 11) is -16.4. The van der Waals surface area contributed by atoms with Crippen LogP contribution in [0.5, 0.6) is 0 Å². The average Bonchev–Trinajstić information content (AvgIpc) is 3.62. The number of nitrogens with two attached hydrogens (primary N) is 1. The number of phosphoric acid groups is 3. The van der Waals surface area contributed by atoms with Crippen molar-refractivity contribution < 1.29 is 85.3 Å². The summed E-state index contributed by atoms with van der Waals surface area (Å²) in [5.41, 5.74) is 4.22. The number of phosphoric ester groups is 3. The van der Waals surface area contributed by atoms with E-state index in [1.165, 1.54) is 20.8 Å². The van der Waals surface area contributed by atoms with E-state index in [1.807, 2.05) is 0 Å². The molecule has 1 aliphatic rings. The summed E-state index contributed by atoms with van der Waals surface area (Å²) < 4.78 is 61.9. The van der Waals surface area contributed by atoms with E-state index in [4.69, 9.17) is 19.5 Å². The number of aldehydes is 1. The van der Waals surface area contributed by atoms with E-state index in [2.05, 4.69) is 34.4 Å². The molecule has 0 saturated carbocycles. The van der Waals surface area contributed by atoms with Gasteiger partial charge in [-0.2, -0.15) is 4.31 Å². The number of nitrogens with zero attached hydrogens (tertiary/aromatic N) is 4. The maximum absolute atomic E-state index is 12.6. The van der Waals surface area contributed by atoms with Gasteiger partial charge in [-0.3, -0.25) is 32.5 Å². The first-order valence-corrected chi connectivity index (χ1v) is 21.0. The fourth-order valence-corrected chi connectivity index (χ4v) is 8.18. The van der Waals surface area contributed by atoms with Crippen molar-refractivity contribution in [3.8, 4) is 0 Å². The standard InChI is InChI=1S/C25H40N7O18P3S/c1-13(34)15(8-33)54-7-6-27-16(35)4-5-28-23(38)20(37)25(2,3)10-47-53(44,45)50-52(42,43)46-9-14-19(49-51(39,40)41)18(36)24(48-14)32-12-31-17-21(26)29-11-30-22(17)32/h8,11-12,14-15,18-20,24,36-37H,4-7,9-10H2,1-3H3,(H,27,35)(H,28,38)(H,42,43)(H,44,45)(H2,26,29,30)(H2,39,40,41)/t14-,15?,18-,19-,20?,24-/m1/s1. The molecule has 10 N–H and O–H groups in total. The van der Waals surface area contributed by atoms with Crippen molar-refractivity contribution in [3.63, 3.8) is 0 Å². The molecule has 4 unspecified atom stereocenters. The lowest BCUT2D eigenvalue weighted by atomic mass is 9.87. The Labute approximate surface area is 310 Å². The number of anilines is 1. The lowest BCUT2D eigenvalue weighted by molar-refractivity contribution is -0.137. The molecule has 0 bridgehead atoms. The zero-order valence-corrected chi connectivity index (χ0v) is 32.1. The molecule has 0 aromatic carbocycles. The zero-order valence-electron chi connectivity index (χ0n) is 28.6. The van der Waals surface area contributed by atoms with E-state index in [0.29, 0.717) is 6.29 Å². The minimum atomic E-state index is -5.58. The Morgan fingerprint density at radius 2 is 1.76 bits per heavy atom. The van der Waals surface area contributed by atoms with E-state index in [1.54, 1.807) is 0 Å². The largest absolute Gasteiger partial charge is 0.481 e. The van der Waals surface area contributed by atoms with Crippen molar-refractivity contribution in [1.29, 1.82) is 0 Å². The quantitative estimate of drug-likeness (QED) is 0.0276. The van der Waals surface area contributed by atoms with E-state index >= 15 is 0 Å². The first-order chi connectivity index (χ1) is 25.0. The molecule has 0 aliphatic carbocycles. The molecule has 54 heavy (non-hydrogen) atoms. The molecule has 3 heterocycles. The lowest BCUT2D eigenvalue weighted by Gasteiger charge is -2.30. The lowest BCUT2D eigenvalue weighted by Crippen LogP contribution is -2.46. The van der Waals surface area contributed by atoms with Crippen LogP contribution in [0.4, 0.5) is 5.82 Å². The fourth-order valence-electron chi connectivity index (χ4n) is 4.57. The van der Waals surface area contributed by atoms with Crippen LogP contribution in [-0.4, -0.2) is 135 Å². The molecule has 1 fully saturated rings. The highest BCUT2D eigenvalue weighted by Crippen LogP contribution is 2.61. The van der Waals surface area contributed by atoms with Gasteiger partial charge in [0.15, 0.2) is 17.7 Å². The van der Waals surface area contributed by atoms with Gasteiger partial charge in [0.25, 0.3) is 0 Å². The molecule has 1 aliphatic heterocycles. The maximum atomic E-state index is 12.6. The van der Waals surface area contributed by atoms with Gasteiger partial charge < -0.3 is 55.7 Å². The molecule has 0 spiro atoms. The summed E-state index contributed by atoms with van der Waals surface area (Å²) >= 11 is 1.04. The second kappa shape index (κ2) is 18.9. The highest BCUT2D eigenvalue weighted by molar-refractivity contribution is 8.01. The Morgan fingerprint density at radius 3 is 2.39 bits per heavy atom. The van der Waals surface area contributed by atoms with Gasteiger partial charge >= 0.3 is 23.5 Å². The number of Topliss-reactive ketones (excluding diaryl/α,β-unsaturated/α-hetero) is 1. The molecule has 3 rings (SSSR count). The molecule has 304 valence electrons. The summed E-state index contributed by atoms with van der Waals surface area (Å²) in [6.07, 6.45) is -6.52. The van der Waals surface area contributed by atoms with Gasteiger partial charge in [0.05, 0.1) is 19.5 Å². The summed E-state index contributed by atoms with van der Waals surface area (Å²) in [6.45, 7) is 1.59. The number of carbonyl (C=O) groups is 4. The van der Waals surface area contributed by atoms with Crippen molar-refractivity contribution in [2.75, 3.05) is 37.8 Å². The highest BCUT2D eigenvalue weighted by Gasteiger charge is 2.50. The number of nitrogen functional groups attached to an aromatic ring is 1. The molecule has 2 amide bonds. The molecule has 25 nitrogen and oxygen atoms in total. The maximum Gasteiger partial charge on any atom is 0.481 e. The molecule has 8 atom stereocenters. The molecular weight excluding hydrogens is 811 g/mol. The number of carbonyl (C=O) groups excluding carboxylic acids is 4. The molecule has 1 saturated heterocycles. The third kappa shape index (κ3) is 13.2. The summed E-state index contributed by atoms with van der Waals surface area (Å²) in [6, 6.07) is 0. The highest BCUT2D eigenvalue weighted by atomic mass is 32.2.